The highest BCUT2D eigenvalue weighted by Gasteiger charge is 2.16. The van der Waals surface area contributed by atoms with Crippen LogP contribution in [0.15, 0.2) is 5.38 Å². The van der Waals surface area contributed by atoms with Gasteiger partial charge in [0.15, 0.2) is 5.13 Å². The Kier molecular flexibility index (Phi) is 6.28. The van der Waals surface area contributed by atoms with Gasteiger partial charge in [-0.1, -0.05) is 13.8 Å². The summed E-state index contributed by atoms with van der Waals surface area (Å²) in [4.78, 5) is 18.1. The lowest BCUT2D eigenvalue weighted by molar-refractivity contribution is -0.142. The normalized spacial score (nSPS) is 12.5. The van der Waals surface area contributed by atoms with Gasteiger partial charge in [-0.25, -0.2) is 4.98 Å². The van der Waals surface area contributed by atoms with E-state index in [0.717, 1.165) is 17.2 Å². The molecule has 1 atom stereocenters. The molecule has 5 heteroatoms. The van der Waals surface area contributed by atoms with Gasteiger partial charge in [-0.15, -0.1) is 11.3 Å². The highest BCUT2D eigenvalue weighted by atomic mass is 32.1. The summed E-state index contributed by atoms with van der Waals surface area (Å²) in [7, 11) is 2.06. The number of ether oxygens (including phenoxy) is 1. The van der Waals surface area contributed by atoms with Crippen LogP contribution in [0.5, 0.6) is 0 Å². The summed E-state index contributed by atoms with van der Waals surface area (Å²) in [6.07, 6.45) is 1.39. The van der Waals surface area contributed by atoms with Crippen LogP contribution in [0.25, 0.3) is 0 Å². The van der Waals surface area contributed by atoms with E-state index in [-0.39, 0.29) is 12.4 Å². The predicted molar refractivity (Wildman–Crippen MR) is 79.8 cm³/mol. The van der Waals surface area contributed by atoms with Gasteiger partial charge in [0.25, 0.3) is 0 Å². The molecule has 0 saturated carbocycles. The Balaban J connectivity index is 2.60. The summed E-state index contributed by atoms with van der Waals surface area (Å²) in [5.74, 6) is 0.452. The fraction of sp³-hybridized carbons (Fsp3) is 0.714. The Labute approximate surface area is 119 Å². The quantitative estimate of drug-likeness (QED) is 0.722. The van der Waals surface area contributed by atoms with Crippen molar-refractivity contribution in [2.24, 2.45) is 5.92 Å². The first-order valence-electron chi connectivity index (χ1n) is 6.76. The lowest BCUT2D eigenvalue weighted by Crippen LogP contribution is -2.29. The molecular weight excluding hydrogens is 260 g/mol. The van der Waals surface area contributed by atoms with E-state index in [4.69, 9.17) is 4.74 Å². The van der Waals surface area contributed by atoms with Gasteiger partial charge in [0.2, 0.25) is 0 Å². The maximum Gasteiger partial charge on any atom is 0.311 e. The number of hydrogen-bond donors (Lipinski definition) is 0. The van der Waals surface area contributed by atoms with Crippen molar-refractivity contribution in [2.45, 2.75) is 46.6 Å². The van der Waals surface area contributed by atoms with Crippen molar-refractivity contribution in [1.82, 2.24) is 4.98 Å². The molecule has 0 fully saturated rings. The van der Waals surface area contributed by atoms with Crippen LogP contribution in [-0.2, 0) is 16.0 Å². The van der Waals surface area contributed by atoms with Gasteiger partial charge >= 0.3 is 5.97 Å². The Hall–Kier alpha value is -1.10. The molecule has 0 amide bonds. The molecule has 0 aliphatic heterocycles. The summed E-state index contributed by atoms with van der Waals surface area (Å²) in [5, 5.41) is 2.90. The highest BCUT2D eigenvalue weighted by Crippen LogP contribution is 2.23. The van der Waals surface area contributed by atoms with E-state index in [1.54, 1.807) is 11.3 Å². The van der Waals surface area contributed by atoms with Crippen LogP contribution in [-0.4, -0.2) is 30.6 Å². The summed E-state index contributed by atoms with van der Waals surface area (Å²) in [5.41, 5.74) is 0.794. The van der Waals surface area contributed by atoms with Gasteiger partial charge in [-0.2, -0.15) is 0 Å². The molecule has 1 rings (SSSR count). The number of hydrogen-bond acceptors (Lipinski definition) is 5. The van der Waals surface area contributed by atoms with Crippen LogP contribution in [0.3, 0.4) is 0 Å². The van der Waals surface area contributed by atoms with Crippen molar-refractivity contribution < 1.29 is 9.53 Å². The van der Waals surface area contributed by atoms with E-state index in [0.29, 0.717) is 18.6 Å². The molecule has 4 nitrogen and oxygen atoms in total. The van der Waals surface area contributed by atoms with Gasteiger partial charge in [-0.05, 0) is 26.2 Å². The molecule has 0 spiro atoms. The molecule has 1 heterocycles. The third-order valence-electron chi connectivity index (χ3n) is 2.95. The lowest BCUT2D eigenvalue weighted by atomic mass is 10.0. The number of rotatable bonds is 7. The molecule has 0 radical (unpaired) electrons. The SMILES string of the molecule is CCOC(=O)Cc1csc(N(C)C(C)CC(C)C)n1. The van der Waals surface area contributed by atoms with E-state index < -0.39 is 0 Å². The zero-order valence-electron chi connectivity index (χ0n) is 12.5. The Morgan fingerprint density at radius 1 is 1.47 bits per heavy atom. The largest absolute Gasteiger partial charge is 0.466 e. The molecule has 0 saturated heterocycles. The molecule has 0 aliphatic carbocycles. The second kappa shape index (κ2) is 7.48. The molecule has 19 heavy (non-hydrogen) atoms. The van der Waals surface area contributed by atoms with Crippen LogP contribution in [0.4, 0.5) is 5.13 Å². The Morgan fingerprint density at radius 3 is 2.74 bits per heavy atom. The van der Waals surface area contributed by atoms with E-state index >= 15 is 0 Å². The van der Waals surface area contributed by atoms with Gasteiger partial charge in [0.1, 0.15) is 0 Å². The Morgan fingerprint density at radius 2 is 2.16 bits per heavy atom. The fourth-order valence-corrected chi connectivity index (χ4v) is 2.82. The van der Waals surface area contributed by atoms with Crippen LogP contribution >= 0.6 is 11.3 Å². The number of aromatic nitrogens is 1. The third kappa shape index (κ3) is 5.19. The van der Waals surface area contributed by atoms with Crippen molar-refractivity contribution in [1.29, 1.82) is 0 Å². The zero-order chi connectivity index (χ0) is 14.4. The van der Waals surface area contributed by atoms with E-state index in [2.05, 4.69) is 37.7 Å². The number of nitrogens with zero attached hydrogens (tertiary/aromatic N) is 2. The zero-order valence-corrected chi connectivity index (χ0v) is 13.3. The second-order valence-electron chi connectivity index (χ2n) is 5.19. The molecular formula is C14H24N2O2S. The van der Waals surface area contributed by atoms with E-state index in [9.17, 15) is 4.79 Å². The summed E-state index contributed by atoms with van der Waals surface area (Å²) < 4.78 is 4.93. The van der Waals surface area contributed by atoms with E-state index in [1.165, 1.54) is 0 Å². The fourth-order valence-electron chi connectivity index (χ4n) is 1.93. The smallest absolute Gasteiger partial charge is 0.311 e. The molecule has 0 bridgehead atoms. The van der Waals surface area contributed by atoms with Crippen molar-refractivity contribution in [2.75, 3.05) is 18.6 Å². The second-order valence-corrected chi connectivity index (χ2v) is 6.03. The third-order valence-corrected chi connectivity index (χ3v) is 3.93. The first kappa shape index (κ1) is 16.0. The van der Waals surface area contributed by atoms with Crippen molar-refractivity contribution in [3.05, 3.63) is 11.1 Å². The number of thiazole rings is 1. The average Bonchev–Trinajstić information content (AvgIpc) is 2.75. The predicted octanol–water partition coefficient (Wildman–Crippen LogP) is 3.12. The molecule has 1 aromatic rings. The highest BCUT2D eigenvalue weighted by molar-refractivity contribution is 7.13. The minimum atomic E-state index is -0.211. The molecule has 1 unspecified atom stereocenters. The minimum absolute atomic E-state index is 0.211. The number of anilines is 1. The lowest BCUT2D eigenvalue weighted by Gasteiger charge is -2.25. The number of carbonyl (C=O) groups is 1. The standard InChI is InChI=1S/C14H24N2O2S/c1-6-18-13(17)8-12-9-19-14(15-12)16(5)11(4)7-10(2)3/h9-11H,6-8H2,1-5H3. The van der Waals surface area contributed by atoms with Crippen LogP contribution in [0.2, 0.25) is 0 Å². The summed E-state index contributed by atoms with van der Waals surface area (Å²) in [6, 6.07) is 0.446. The Bertz CT molecular complexity index is 404. The number of carbonyl (C=O) groups excluding carboxylic acids is 1. The first-order chi connectivity index (χ1) is 8.93. The van der Waals surface area contributed by atoms with Crippen molar-refractivity contribution in [3.63, 3.8) is 0 Å². The number of esters is 1. The average molecular weight is 284 g/mol. The van der Waals surface area contributed by atoms with Crippen molar-refractivity contribution >= 4 is 22.4 Å². The molecule has 108 valence electrons. The van der Waals surface area contributed by atoms with Crippen LogP contribution < -0.4 is 4.90 Å². The molecule has 0 aliphatic rings. The maximum atomic E-state index is 11.4. The van der Waals surface area contributed by atoms with Crippen molar-refractivity contribution in [3.8, 4) is 0 Å². The minimum Gasteiger partial charge on any atom is -0.466 e. The topological polar surface area (TPSA) is 42.4 Å². The van der Waals surface area contributed by atoms with Gasteiger partial charge in [0.05, 0.1) is 18.7 Å². The van der Waals surface area contributed by atoms with E-state index in [1.807, 2.05) is 12.3 Å². The summed E-state index contributed by atoms with van der Waals surface area (Å²) in [6.45, 7) is 8.87. The van der Waals surface area contributed by atoms with Crippen LogP contribution in [0, 0.1) is 5.92 Å². The van der Waals surface area contributed by atoms with Gasteiger partial charge in [0, 0.05) is 18.5 Å². The molecule has 0 aromatic carbocycles. The van der Waals surface area contributed by atoms with Gasteiger partial charge < -0.3 is 9.64 Å². The maximum absolute atomic E-state index is 11.4. The first-order valence-corrected chi connectivity index (χ1v) is 7.64. The van der Waals surface area contributed by atoms with Gasteiger partial charge in [-0.3, -0.25) is 4.79 Å². The monoisotopic (exact) mass is 284 g/mol. The van der Waals surface area contributed by atoms with Crippen LogP contribution in [0.1, 0.15) is 39.8 Å². The molecule has 0 N–H and O–H groups in total. The molecule has 1 aromatic heterocycles. The summed E-state index contributed by atoms with van der Waals surface area (Å²) >= 11 is 1.58.